The van der Waals surface area contributed by atoms with E-state index in [0.29, 0.717) is 13.1 Å². The van der Waals surface area contributed by atoms with Gasteiger partial charge in [-0.2, -0.15) is 13.9 Å². The van der Waals surface area contributed by atoms with Crippen molar-refractivity contribution in [3.05, 3.63) is 35.7 Å². The summed E-state index contributed by atoms with van der Waals surface area (Å²) in [7, 11) is 0. The number of nitrogens with zero attached hydrogens (tertiary/aromatic N) is 2. The fourth-order valence-electron chi connectivity index (χ4n) is 2.53. The summed E-state index contributed by atoms with van der Waals surface area (Å²) in [5.41, 5.74) is 0.486. The molecule has 0 atom stereocenters. The number of carbonyl (C=O) groups is 2. The number of anilines is 1. The monoisotopic (exact) mass is 424 g/mol. The highest BCUT2D eigenvalue weighted by molar-refractivity contribution is 6.08. The predicted octanol–water partition coefficient (Wildman–Crippen LogP) is 3.54. The van der Waals surface area contributed by atoms with Crippen LogP contribution >= 0.6 is 0 Å². The van der Waals surface area contributed by atoms with Gasteiger partial charge in [-0.15, -0.1) is 0 Å². The van der Waals surface area contributed by atoms with Crippen LogP contribution in [0.2, 0.25) is 0 Å². The van der Waals surface area contributed by atoms with Crippen LogP contribution in [0, 0.1) is 5.92 Å². The van der Waals surface area contributed by atoms with Gasteiger partial charge in [-0.3, -0.25) is 14.3 Å². The number of amides is 2. The minimum Gasteiger partial charge on any atom is -0.490 e. The molecule has 0 saturated heterocycles. The lowest BCUT2D eigenvalue weighted by molar-refractivity contribution is -0.0514. The van der Waals surface area contributed by atoms with Gasteiger partial charge < -0.3 is 20.1 Å². The zero-order chi connectivity index (χ0) is 22.3. The SMILES string of the molecule is CCOc1cc(C(=O)Nc2cn(CC)nc2C(=O)NCC(C)C)ccc1OC(F)F. The molecule has 2 aromatic rings. The fourth-order valence-corrected chi connectivity index (χ4v) is 2.53. The fraction of sp³-hybridized carbons (Fsp3) is 0.450. The van der Waals surface area contributed by atoms with Gasteiger partial charge in [-0.05, 0) is 38.0 Å². The number of alkyl halides is 2. The Balaban J connectivity index is 2.25. The van der Waals surface area contributed by atoms with Crippen LogP contribution in [0.4, 0.5) is 14.5 Å². The number of ether oxygens (including phenoxy) is 2. The van der Waals surface area contributed by atoms with E-state index < -0.39 is 18.4 Å². The molecule has 0 fully saturated rings. The van der Waals surface area contributed by atoms with Crippen LogP contribution in [0.15, 0.2) is 24.4 Å². The predicted molar refractivity (Wildman–Crippen MR) is 107 cm³/mol. The number of hydrogen-bond donors (Lipinski definition) is 2. The number of rotatable bonds is 10. The van der Waals surface area contributed by atoms with E-state index in [1.807, 2.05) is 20.8 Å². The van der Waals surface area contributed by atoms with Gasteiger partial charge in [-0.25, -0.2) is 0 Å². The number of aryl methyl sites for hydroxylation is 1. The van der Waals surface area contributed by atoms with Gasteiger partial charge in [0.2, 0.25) is 0 Å². The van der Waals surface area contributed by atoms with Crippen LogP contribution in [-0.2, 0) is 6.54 Å². The Kier molecular flexibility index (Phi) is 8.14. The summed E-state index contributed by atoms with van der Waals surface area (Å²) in [6, 6.07) is 3.87. The lowest BCUT2D eigenvalue weighted by atomic mass is 10.1. The third-order valence-electron chi connectivity index (χ3n) is 3.94. The highest BCUT2D eigenvalue weighted by atomic mass is 19.3. The summed E-state index contributed by atoms with van der Waals surface area (Å²) in [6.07, 6.45) is 1.56. The van der Waals surface area contributed by atoms with Crippen molar-refractivity contribution < 1.29 is 27.8 Å². The normalized spacial score (nSPS) is 10.9. The van der Waals surface area contributed by atoms with Crippen molar-refractivity contribution in [3.63, 3.8) is 0 Å². The molecular weight excluding hydrogens is 398 g/mol. The van der Waals surface area contributed by atoms with E-state index in [1.165, 1.54) is 22.9 Å². The Bertz CT molecular complexity index is 884. The maximum Gasteiger partial charge on any atom is 0.387 e. The molecule has 0 saturated carbocycles. The molecular formula is C20H26F2N4O4. The van der Waals surface area contributed by atoms with Crippen LogP contribution in [0.25, 0.3) is 0 Å². The molecule has 164 valence electrons. The number of aromatic nitrogens is 2. The summed E-state index contributed by atoms with van der Waals surface area (Å²) in [4.78, 5) is 25.2. The van der Waals surface area contributed by atoms with Crippen molar-refractivity contribution in [1.82, 2.24) is 15.1 Å². The van der Waals surface area contributed by atoms with Gasteiger partial charge in [0.05, 0.1) is 12.3 Å². The van der Waals surface area contributed by atoms with Crippen molar-refractivity contribution in [2.24, 2.45) is 5.92 Å². The van der Waals surface area contributed by atoms with Crippen molar-refractivity contribution >= 4 is 17.5 Å². The highest BCUT2D eigenvalue weighted by Gasteiger charge is 2.20. The van der Waals surface area contributed by atoms with Crippen LogP contribution in [0.5, 0.6) is 11.5 Å². The summed E-state index contributed by atoms with van der Waals surface area (Å²) in [5, 5.41) is 9.63. The molecule has 2 N–H and O–H groups in total. The van der Waals surface area contributed by atoms with E-state index in [-0.39, 0.29) is 41.0 Å². The standard InChI is InChI=1S/C20H26F2N4O4/c1-5-26-11-14(17(25-26)19(28)23-10-12(3)4)24-18(27)13-7-8-15(30-20(21)22)16(9-13)29-6-2/h7-9,11-12,20H,5-6,10H2,1-4H3,(H,23,28)(H,24,27). The van der Waals surface area contributed by atoms with E-state index in [0.717, 1.165) is 0 Å². The van der Waals surface area contributed by atoms with Gasteiger partial charge in [0, 0.05) is 24.8 Å². The Labute approximate surface area is 173 Å². The van der Waals surface area contributed by atoms with E-state index in [2.05, 4.69) is 20.5 Å². The minimum absolute atomic E-state index is 0.0182. The summed E-state index contributed by atoms with van der Waals surface area (Å²) >= 11 is 0. The molecule has 2 amide bonds. The van der Waals surface area contributed by atoms with Crippen molar-refractivity contribution in [3.8, 4) is 11.5 Å². The van der Waals surface area contributed by atoms with E-state index in [1.54, 1.807) is 13.1 Å². The number of hydrogen-bond acceptors (Lipinski definition) is 5. The molecule has 0 aliphatic rings. The third kappa shape index (κ3) is 6.16. The molecule has 0 radical (unpaired) electrons. The largest absolute Gasteiger partial charge is 0.490 e. The molecule has 1 heterocycles. The number of nitrogens with one attached hydrogen (secondary N) is 2. The van der Waals surface area contributed by atoms with Crippen molar-refractivity contribution in [2.45, 2.75) is 40.9 Å². The number of carbonyl (C=O) groups excluding carboxylic acids is 2. The Hall–Kier alpha value is -3.17. The maximum absolute atomic E-state index is 12.7. The molecule has 0 bridgehead atoms. The highest BCUT2D eigenvalue weighted by Crippen LogP contribution is 2.30. The zero-order valence-electron chi connectivity index (χ0n) is 17.4. The molecule has 0 aliphatic carbocycles. The van der Waals surface area contributed by atoms with Gasteiger partial charge in [-0.1, -0.05) is 13.8 Å². The zero-order valence-corrected chi connectivity index (χ0v) is 17.4. The van der Waals surface area contributed by atoms with E-state index >= 15 is 0 Å². The van der Waals surface area contributed by atoms with Gasteiger partial charge in [0.1, 0.15) is 0 Å². The number of benzene rings is 1. The second-order valence-corrected chi connectivity index (χ2v) is 6.78. The number of halogens is 2. The quantitative estimate of drug-likeness (QED) is 0.608. The Morgan fingerprint density at radius 3 is 2.50 bits per heavy atom. The smallest absolute Gasteiger partial charge is 0.387 e. The molecule has 1 aromatic heterocycles. The molecule has 30 heavy (non-hydrogen) atoms. The van der Waals surface area contributed by atoms with Crippen LogP contribution in [-0.4, -0.2) is 41.4 Å². The second-order valence-electron chi connectivity index (χ2n) is 6.78. The first-order valence-corrected chi connectivity index (χ1v) is 9.63. The Morgan fingerprint density at radius 2 is 1.90 bits per heavy atom. The Morgan fingerprint density at radius 1 is 1.17 bits per heavy atom. The van der Waals surface area contributed by atoms with Gasteiger partial charge >= 0.3 is 6.61 Å². The molecule has 8 nitrogen and oxygen atoms in total. The van der Waals surface area contributed by atoms with E-state index in [4.69, 9.17) is 4.74 Å². The molecule has 10 heteroatoms. The molecule has 1 aromatic carbocycles. The summed E-state index contributed by atoms with van der Waals surface area (Å²) in [6.45, 7) is 5.62. The first-order chi connectivity index (χ1) is 14.2. The molecule has 2 rings (SSSR count). The lowest BCUT2D eigenvalue weighted by Crippen LogP contribution is -2.28. The molecule has 0 unspecified atom stereocenters. The van der Waals surface area contributed by atoms with Crippen LogP contribution in [0.1, 0.15) is 48.5 Å². The maximum atomic E-state index is 12.7. The van der Waals surface area contributed by atoms with Crippen LogP contribution in [0.3, 0.4) is 0 Å². The average Bonchev–Trinajstić information content (AvgIpc) is 3.10. The molecule has 0 spiro atoms. The summed E-state index contributed by atoms with van der Waals surface area (Å²) in [5.74, 6) is -0.846. The average molecular weight is 424 g/mol. The lowest BCUT2D eigenvalue weighted by Gasteiger charge is -2.13. The summed E-state index contributed by atoms with van der Waals surface area (Å²) < 4.78 is 36.3. The minimum atomic E-state index is -3.02. The first kappa shape index (κ1) is 23.1. The van der Waals surface area contributed by atoms with Crippen molar-refractivity contribution in [1.29, 1.82) is 0 Å². The second kappa shape index (κ2) is 10.6. The van der Waals surface area contributed by atoms with Crippen LogP contribution < -0.4 is 20.1 Å². The third-order valence-corrected chi connectivity index (χ3v) is 3.94. The topological polar surface area (TPSA) is 94.5 Å². The van der Waals surface area contributed by atoms with Crippen molar-refractivity contribution in [2.75, 3.05) is 18.5 Å². The molecule has 0 aliphatic heterocycles. The van der Waals surface area contributed by atoms with Gasteiger partial charge in [0.15, 0.2) is 17.2 Å². The first-order valence-electron chi connectivity index (χ1n) is 9.63. The van der Waals surface area contributed by atoms with E-state index in [9.17, 15) is 18.4 Å². The van der Waals surface area contributed by atoms with Gasteiger partial charge in [0.25, 0.3) is 11.8 Å².